The number of benzene rings is 3. The summed E-state index contributed by atoms with van der Waals surface area (Å²) >= 11 is 0. The Kier molecular flexibility index (Phi) is 15.2. The Hall–Kier alpha value is -4.32. The van der Waals surface area contributed by atoms with E-state index in [1.165, 1.54) is 31.8 Å². The van der Waals surface area contributed by atoms with E-state index >= 15 is 0 Å². The molecule has 0 atom stereocenters. The SMILES string of the molecule is C=C(C)C(=O)OCCCCCCCCCCOc1ccc(-c2ccc(OCCOC(=O)/C=C/c3ccccc3)cc2)cc1. The van der Waals surface area contributed by atoms with E-state index in [1.54, 1.807) is 13.0 Å². The smallest absolute Gasteiger partial charge is 0.333 e. The van der Waals surface area contributed by atoms with Gasteiger partial charge in [0.1, 0.15) is 24.7 Å². The fourth-order valence-electron chi connectivity index (χ4n) is 4.31. The molecule has 0 aliphatic rings. The predicted octanol–water partition coefficient (Wildman–Crippen LogP) is 8.61. The zero-order valence-electron chi connectivity index (χ0n) is 25.3. The highest BCUT2D eigenvalue weighted by molar-refractivity contribution is 5.87. The Morgan fingerprint density at radius 3 is 1.67 bits per heavy atom. The van der Waals surface area contributed by atoms with Crippen LogP contribution in [-0.2, 0) is 19.1 Å². The minimum atomic E-state index is -0.393. The van der Waals surface area contributed by atoms with Crippen LogP contribution in [0.15, 0.2) is 97.1 Å². The van der Waals surface area contributed by atoms with Crippen LogP contribution in [-0.4, -0.2) is 38.4 Å². The molecule has 6 heteroatoms. The molecule has 3 aromatic rings. The minimum absolute atomic E-state index is 0.180. The monoisotopic (exact) mass is 584 g/mol. The van der Waals surface area contributed by atoms with Gasteiger partial charge < -0.3 is 18.9 Å². The van der Waals surface area contributed by atoms with Gasteiger partial charge in [-0.1, -0.05) is 99.7 Å². The molecule has 3 aromatic carbocycles. The van der Waals surface area contributed by atoms with Crippen molar-refractivity contribution in [3.05, 3.63) is 103 Å². The quantitative estimate of drug-likeness (QED) is 0.0752. The molecule has 0 heterocycles. The number of rotatable bonds is 20. The molecule has 0 aromatic heterocycles. The van der Waals surface area contributed by atoms with Gasteiger partial charge >= 0.3 is 11.9 Å². The first-order valence-electron chi connectivity index (χ1n) is 15.2. The van der Waals surface area contributed by atoms with Crippen molar-refractivity contribution >= 4 is 18.0 Å². The van der Waals surface area contributed by atoms with Crippen molar-refractivity contribution in [2.75, 3.05) is 26.4 Å². The second-order valence-electron chi connectivity index (χ2n) is 10.4. The molecule has 228 valence electrons. The Morgan fingerprint density at radius 1 is 0.605 bits per heavy atom. The molecule has 0 fully saturated rings. The van der Waals surface area contributed by atoms with Crippen LogP contribution in [0, 0.1) is 0 Å². The zero-order valence-corrected chi connectivity index (χ0v) is 25.3. The molecular weight excluding hydrogens is 540 g/mol. The van der Waals surface area contributed by atoms with Gasteiger partial charge in [-0.2, -0.15) is 0 Å². The lowest BCUT2D eigenvalue weighted by atomic mass is 10.1. The molecule has 0 aliphatic heterocycles. The second-order valence-corrected chi connectivity index (χ2v) is 10.4. The van der Waals surface area contributed by atoms with E-state index in [0.29, 0.717) is 12.2 Å². The maximum absolute atomic E-state index is 11.9. The topological polar surface area (TPSA) is 71.1 Å². The van der Waals surface area contributed by atoms with Gasteiger partial charge in [-0.05, 0) is 66.8 Å². The Bertz CT molecular complexity index is 1260. The highest BCUT2D eigenvalue weighted by Gasteiger charge is 2.03. The summed E-state index contributed by atoms with van der Waals surface area (Å²) in [5, 5.41) is 0. The number of hydrogen-bond acceptors (Lipinski definition) is 6. The molecule has 0 amide bonds. The van der Waals surface area contributed by atoms with Crippen molar-refractivity contribution in [3.63, 3.8) is 0 Å². The average Bonchev–Trinajstić information content (AvgIpc) is 3.03. The van der Waals surface area contributed by atoms with Crippen LogP contribution < -0.4 is 9.47 Å². The van der Waals surface area contributed by atoms with Gasteiger partial charge in [-0.15, -0.1) is 0 Å². The van der Waals surface area contributed by atoms with Crippen LogP contribution in [0.25, 0.3) is 17.2 Å². The number of carbonyl (C=O) groups excluding carboxylic acids is 2. The van der Waals surface area contributed by atoms with Crippen molar-refractivity contribution in [1.82, 2.24) is 0 Å². The molecule has 0 spiro atoms. The summed E-state index contributed by atoms with van der Waals surface area (Å²) < 4.78 is 21.9. The van der Waals surface area contributed by atoms with Gasteiger partial charge in [-0.25, -0.2) is 9.59 Å². The van der Waals surface area contributed by atoms with Gasteiger partial charge in [-0.3, -0.25) is 0 Å². The normalized spacial score (nSPS) is 10.8. The second kappa shape index (κ2) is 19.7. The van der Waals surface area contributed by atoms with Crippen LogP contribution in [0.4, 0.5) is 0 Å². The van der Waals surface area contributed by atoms with Crippen molar-refractivity contribution < 1.29 is 28.5 Å². The highest BCUT2D eigenvalue weighted by Crippen LogP contribution is 2.25. The summed E-state index contributed by atoms with van der Waals surface area (Å²) in [6.07, 6.45) is 12.2. The van der Waals surface area contributed by atoms with Crippen LogP contribution in [0.5, 0.6) is 11.5 Å². The lowest BCUT2D eigenvalue weighted by Gasteiger charge is -2.09. The van der Waals surface area contributed by atoms with Crippen molar-refractivity contribution in [1.29, 1.82) is 0 Å². The number of ether oxygens (including phenoxy) is 4. The van der Waals surface area contributed by atoms with Crippen LogP contribution >= 0.6 is 0 Å². The molecule has 0 bridgehead atoms. The van der Waals surface area contributed by atoms with Crippen molar-refractivity contribution in [2.45, 2.75) is 58.3 Å². The number of carbonyl (C=O) groups is 2. The summed E-state index contributed by atoms with van der Waals surface area (Å²) in [6.45, 7) is 6.92. The summed E-state index contributed by atoms with van der Waals surface area (Å²) in [6, 6.07) is 25.6. The lowest BCUT2D eigenvalue weighted by Crippen LogP contribution is -2.10. The Balaban J connectivity index is 1.22. The predicted molar refractivity (Wildman–Crippen MR) is 172 cm³/mol. The summed E-state index contributed by atoms with van der Waals surface area (Å²) in [5.74, 6) is 0.916. The fraction of sp³-hybridized carbons (Fsp3) is 0.351. The van der Waals surface area contributed by atoms with Gasteiger partial charge in [0, 0.05) is 11.6 Å². The summed E-state index contributed by atoms with van der Waals surface area (Å²) in [4.78, 5) is 23.2. The standard InChI is InChI=1S/C37H44O6/c1-30(2)37(39)43-27-13-8-6-4-3-5-7-12-26-40-34-21-17-32(18-22-34)33-19-23-35(24-20-33)41-28-29-42-36(38)25-16-31-14-10-9-11-15-31/h9-11,14-25H,1,3-8,12-13,26-29H2,2H3/b25-16+. The van der Waals surface area contributed by atoms with Gasteiger partial charge in [0.05, 0.1) is 13.2 Å². The maximum Gasteiger partial charge on any atom is 0.333 e. The number of esters is 2. The highest BCUT2D eigenvalue weighted by atomic mass is 16.6. The zero-order chi connectivity index (χ0) is 30.5. The molecule has 0 N–H and O–H groups in total. The lowest BCUT2D eigenvalue weighted by molar-refractivity contribution is -0.139. The minimum Gasteiger partial charge on any atom is -0.494 e. The van der Waals surface area contributed by atoms with Crippen molar-refractivity contribution in [2.24, 2.45) is 0 Å². The average molecular weight is 585 g/mol. The molecule has 0 aliphatic carbocycles. The summed E-state index contributed by atoms with van der Waals surface area (Å²) in [5.41, 5.74) is 3.59. The molecule has 0 radical (unpaired) electrons. The largest absolute Gasteiger partial charge is 0.494 e. The third-order valence-electron chi connectivity index (χ3n) is 6.74. The van der Waals surface area contributed by atoms with Gasteiger partial charge in [0.15, 0.2) is 0 Å². The molecule has 0 saturated carbocycles. The molecule has 0 unspecified atom stereocenters. The van der Waals surface area contributed by atoms with E-state index in [0.717, 1.165) is 60.5 Å². The van der Waals surface area contributed by atoms with Crippen LogP contribution in [0.3, 0.4) is 0 Å². The van der Waals surface area contributed by atoms with Crippen molar-refractivity contribution in [3.8, 4) is 22.6 Å². The fourth-order valence-corrected chi connectivity index (χ4v) is 4.31. The maximum atomic E-state index is 11.9. The Morgan fingerprint density at radius 2 is 1.12 bits per heavy atom. The first-order valence-corrected chi connectivity index (χ1v) is 15.2. The molecule has 43 heavy (non-hydrogen) atoms. The van der Waals surface area contributed by atoms with Gasteiger partial charge in [0.25, 0.3) is 0 Å². The van der Waals surface area contributed by atoms with E-state index in [4.69, 9.17) is 18.9 Å². The third-order valence-corrected chi connectivity index (χ3v) is 6.74. The van der Waals surface area contributed by atoms with Gasteiger partial charge in [0.2, 0.25) is 0 Å². The molecule has 0 saturated heterocycles. The third kappa shape index (κ3) is 13.9. The van der Waals surface area contributed by atoms with Crippen LogP contribution in [0.1, 0.15) is 63.9 Å². The van der Waals surface area contributed by atoms with E-state index in [1.807, 2.05) is 66.7 Å². The first kappa shape index (κ1) is 33.2. The molecule has 3 rings (SSSR count). The molecular formula is C37H44O6. The van der Waals surface area contributed by atoms with E-state index in [9.17, 15) is 9.59 Å². The van der Waals surface area contributed by atoms with E-state index in [-0.39, 0.29) is 19.2 Å². The number of hydrogen-bond donors (Lipinski definition) is 0. The van der Waals surface area contributed by atoms with E-state index < -0.39 is 5.97 Å². The number of unbranched alkanes of at least 4 members (excludes halogenated alkanes) is 7. The van der Waals surface area contributed by atoms with Crippen LogP contribution in [0.2, 0.25) is 0 Å². The van der Waals surface area contributed by atoms with E-state index in [2.05, 4.69) is 18.7 Å². The first-order chi connectivity index (χ1) is 21.0. The summed E-state index contributed by atoms with van der Waals surface area (Å²) in [7, 11) is 0. The Labute approximate surface area is 256 Å². The molecule has 6 nitrogen and oxygen atoms in total.